The normalized spacial score (nSPS) is 27.5. The summed E-state index contributed by atoms with van der Waals surface area (Å²) in [5.41, 5.74) is 1.81. The third-order valence-electron chi connectivity index (χ3n) is 2.63. The van der Waals surface area contributed by atoms with Crippen LogP contribution in [0.2, 0.25) is 0 Å². The van der Waals surface area contributed by atoms with Gasteiger partial charge in [0, 0.05) is 5.03 Å². The first kappa shape index (κ1) is 7.42. The SMILES string of the molecule is CC1(C2=CC[CH]C=C2Cl)CC1. The van der Waals surface area contributed by atoms with E-state index < -0.39 is 0 Å². The summed E-state index contributed by atoms with van der Waals surface area (Å²) in [6, 6.07) is 0. The van der Waals surface area contributed by atoms with E-state index in [1.54, 1.807) is 0 Å². The average Bonchev–Trinajstić information content (AvgIpc) is 2.70. The number of rotatable bonds is 1. The Morgan fingerprint density at radius 3 is 2.73 bits per heavy atom. The molecule has 0 amide bonds. The Balaban J connectivity index is 2.24. The van der Waals surface area contributed by atoms with E-state index in [0.29, 0.717) is 5.41 Å². The molecule has 0 unspecified atom stereocenters. The molecule has 59 valence electrons. The van der Waals surface area contributed by atoms with Crippen molar-refractivity contribution in [3.05, 3.63) is 29.2 Å². The van der Waals surface area contributed by atoms with Crippen LogP contribution < -0.4 is 0 Å². The van der Waals surface area contributed by atoms with Gasteiger partial charge in [-0.25, -0.2) is 0 Å². The summed E-state index contributed by atoms with van der Waals surface area (Å²) in [5.74, 6) is 0. The second-order valence-corrected chi connectivity index (χ2v) is 4.07. The third kappa shape index (κ3) is 1.24. The van der Waals surface area contributed by atoms with Crippen LogP contribution in [0.15, 0.2) is 22.8 Å². The Morgan fingerprint density at radius 2 is 2.18 bits per heavy atom. The zero-order valence-electron chi connectivity index (χ0n) is 6.73. The molecule has 1 heteroatoms. The van der Waals surface area contributed by atoms with Gasteiger partial charge in [-0.05, 0) is 36.7 Å². The van der Waals surface area contributed by atoms with Gasteiger partial charge in [0.1, 0.15) is 0 Å². The Morgan fingerprint density at radius 1 is 1.45 bits per heavy atom. The molecule has 2 aliphatic rings. The summed E-state index contributed by atoms with van der Waals surface area (Å²) in [6.45, 7) is 2.29. The summed E-state index contributed by atoms with van der Waals surface area (Å²) < 4.78 is 0. The van der Waals surface area contributed by atoms with E-state index in [1.807, 2.05) is 6.08 Å². The fraction of sp³-hybridized carbons (Fsp3) is 0.500. The van der Waals surface area contributed by atoms with Crippen LogP contribution in [-0.4, -0.2) is 0 Å². The molecule has 0 aromatic carbocycles. The fourth-order valence-corrected chi connectivity index (χ4v) is 1.93. The highest BCUT2D eigenvalue weighted by Crippen LogP contribution is 2.55. The molecule has 2 aliphatic carbocycles. The minimum absolute atomic E-state index is 0.432. The van der Waals surface area contributed by atoms with Gasteiger partial charge in [-0.2, -0.15) is 0 Å². The molecule has 0 nitrogen and oxygen atoms in total. The van der Waals surface area contributed by atoms with Crippen LogP contribution in [0.3, 0.4) is 0 Å². The number of halogens is 1. The Hall–Kier alpha value is -0.230. The van der Waals surface area contributed by atoms with Gasteiger partial charge < -0.3 is 0 Å². The van der Waals surface area contributed by atoms with Crippen molar-refractivity contribution in [2.75, 3.05) is 0 Å². The van der Waals surface area contributed by atoms with E-state index in [4.69, 9.17) is 11.6 Å². The third-order valence-corrected chi connectivity index (χ3v) is 2.96. The van der Waals surface area contributed by atoms with Crippen molar-refractivity contribution in [1.82, 2.24) is 0 Å². The van der Waals surface area contributed by atoms with Gasteiger partial charge in [0.15, 0.2) is 0 Å². The van der Waals surface area contributed by atoms with E-state index in [-0.39, 0.29) is 0 Å². The smallest absolute Gasteiger partial charge is 0.0403 e. The Labute approximate surface area is 72.9 Å². The summed E-state index contributed by atoms with van der Waals surface area (Å²) in [7, 11) is 0. The van der Waals surface area contributed by atoms with E-state index >= 15 is 0 Å². The van der Waals surface area contributed by atoms with Gasteiger partial charge in [0.2, 0.25) is 0 Å². The molecule has 0 saturated heterocycles. The van der Waals surface area contributed by atoms with Crippen LogP contribution in [0.5, 0.6) is 0 Å². The molecule has 1 radical (unpaired) electrons. The highest BCUT2D eigenvalue weighted by Gasteiger charge is 2.42. The highest BCUT2D eigenvalue weighted by atomic mass is 35.5. The van der Waals surface area contributed by atoms with Crippen LogP contribution in [0.4, 0.5) is 0 Å². The lowest BCUT2D eigenvalue weighted by atomic mass is 9.93. The van der Waals surface area contributed by atoms with Crippen molar-refractivity contribution in [2.45, 2.75) is 26.2 Å². The molecule has 1 fully saturated rings. The van der Waals surface area contributed by atoms with Crippen LogP contribution >= 0.6 is 11.6 Å². The summed E-state index contributed by atoms with van der Waals surface area (Å²) in [6.07, 6.45) is 10.1. The lowest BCUT2D eigenvalue weighted by molar-refractivity contribution is 0.699. The van der Waals surface area contributed by atoms with Crippen molar-refractivity contribution in [3.63, 3.8) is 0 Å². The van der Waals surface area contributed by atoms with Gasteiger partial charge in [-0.3, -0.25) is 0 Å². The molecule has 11 heavy (non-hydrogen) atoms. The zero-order chi connectivity index (χ0) is 7.90. The maximum Gasteiger partial charge on any atom is 0.0403 e. The molecule has 2 rings (SSSR count). The standard InChI is InChI=1S/C10H12Cl/c1-10(6-7-10)8-4-2-3-5-9(8)11/h3-5H,2,6-7H2,1H3. The summed E-state index contributed by atoms with van der Waals surface area (Å²) in [4.78, 5) is 0. The molecular formula is C10H12Cl. The van der Waals surface area contributed by atoms with Gasteiger partial charge in [0.05, 0.1) is 0 Å². The van der Waals surface area contributed by atoms with Crippen molar-refractivity contribution in [3.8, 4) is 0 Å². The zero-order valence-corrected chi connectivity index (χ0v) is 7.49. The molecule has 0 atom stereocenters. The topological polar surface area (TPSA) is 0 Å². The summed E-state index contributed by atoms with van der Waals surface area (Å²) >= 11 is 6.07. The van der Waals surface area contributed by atoms with Gasteiger partial charge in [-0.1, -0.05) is 30.7 Å². The molecule has 1 saturated carbocycles. The Bertz CT molecular complexity index is 231. The van der Waals surface area contributed by atoms with Crippen LogP contribution in [0.25, 0.3) is 0 Å². The second kappa shape index (κ2) is 2.38. The predicted octanol–water partition coefficient (Wildman–Crippen LogP) is 3.44. The van der Waals surface area contributed by atoms with Gasteiger partial charge >= 0.3 is 0 Å². The predicted molar refractivity (Wildman–Crippen MR) is 48.3 cm³/mol. The molecular weight excluding hydrogens is 156 g/mol. The maximum absolute atomic E-state index is 6.07. The molecule has 0 aliphatic heterocycles. The fourth-order valence-electron chi connectivity index (χ4n) is 1.54. The largest absolute Gasteiger partial charge is 0.0844 e. The average molecular weight is 168 g/mol. The first-order chi connectivity index (χ1) is 5.22. The van der Waals surface area contributed by atoms with E-state index in [2.05, 4.69) is 19.4 Å². The highest BCUT2D eigenvalue weighted by molar-refractivity contribution is 6.32. The van der Waals surface area contributed by atoms with Crippen LogP contribution in [0.1, 0.15) is 26.2 Å². The molecule has 0 aromatic rings. The molecule has 0 N–H and O–H groups in total. The second-order valence-electron chi connectivity index (χ2n) is 3.66. The van der Waals surface area contributed by atoms with Crippen molar-refractivity contribution in [1.29, 1.82) is 0 Å². The maximum atomic E-state index is 6.07. The first-order valence-electron chi connectivity index (χ1n) is 4.12. The number of hydrogen-bond donors (Lipinski definition) is 0. The monoisotopic (exact) mass is 167 g/mol. The lowest BCUT2D eigenvalue weighted by Gasteiger charge is -2.16. The van der Waals surface area contributed by atoms with Crippen molar-refractivity contribution >= 4 is 11.6 Å². The number of hydrogen-bond acceptors (Lipinski definition) is 0. The van der Waals surface area contributed by atoms with Gasteiger partial charge in [0.25, 0.3) is 0 Å². The number of allylic oxidation sites excluding steroid dienone is 4. The van der Waals surface area contributed by atoms with Crippen molar-refractivity contribution in [2.24, 2.45) is 5.41 Å². The van der Waals surface area contributed by atoms with E-state index in [9.17, 15) is 0 Å². The van der Waals surface area contributed by atoms with Crippen LogP contribution in [-0.2, 0) is 0 Å². The van der Waals surface area contributed by atoms with Crippen molar-refractivity contribution < 1.29 is 0 Å². The molecule has 0 spiro atoms. The quantitative estimate of drug-likeness (QED) is 0.561. The Kier molecular flexibility index (Phi) is 1.61. The minimum Gasteiger partial charge on any atom is -0.0844 e. The lowest BCUT2D eigenvalue weighted by Crippen LogP contribution is -2.02. The summed E-state index contributed by atoms with van der Waals surface area (Å²) in [5, 5.41) is 0.955. The first-order valence-corrected chi connectivity index (χ1v) is 4.50. The van der Waals surface area contributed by atoms with E-state index in [0.717, 1.165) is 11.5 Å². The minimum atomic E-state index is 0.432. The molecule has 0 aromatic heterocycles. The molecule has 0 bridgehead atoms. The molecule has 0 heterocycles. The van der Waals surface area contributed by atoms with Gasteiger partial charge in [-0.15, -0.1) is 0 Å². The van der Waals surface area contributed by atoms with Crippen LogP contribution in [0, 0.1) is 11.8 Å². The van der Waals surface area contributed by atoms with E-state index in [1.165, 1.54) is 18.4 Å².